The van der Waals surface area contributed by atoms with E-state index >= 15 is 0 Å². The molecule has 1 fully saturated rings. The number of hydrogen-bond acceptors (Lipinski definition) is 3. The molecule has 0 aliphatic heterocycles. The summed E-state index contributed by atoms with van der Waals surface area (Å²) in [4.78, 5) is 1.46. The van der Waals surface area contributed by atoms with Gasteiger partial charge in [-0.05, 0) is 49.3 Å². The van der Waals surface area contributed by atoms with Crippen molar-refractivity contribution in [3.8, 4) is 0 Å². The van der Waals surface area contributed by atoms with E-state index < -0.39 is 0 Å². The molecule has 1 N–H and O–H groups in total. The first-order chi connectivity index (χ1) is 9.34. The Bertz CT molecular complexity index is 471. The maximum absolute atomic E-state index is 5.52. The number of nitrogens with one attached hydrogen (secondary N) is 1. The molecule has 1 saturated carbocycles. The van der Waals surface area contributed by atoms with E-state index in [9.17, 15) is 0 Å². The maximum Gasteiger partial charge on any atom is 0.120 e. The van der Waals surface area contributed by atoms with E-state index in [-0.39, 0.29) is 6.04 Å². The van der Waals surface area contributed by atoms with Gasteiger partial charge in [0.25, 0.3) is 0 Å². The fourth-order valence-corrected chi connectivity index (χ4v) is 3.98. The van der Waals surface area contributed by atoms with Crippen LogP contribution in [0.2, 0.25) is 0 Å². The molecule has 2 atom stereocenters. The molecule has 1 aliphatic carbocycles. The highest BCUT2D eigenvalue weighted by atomic mass is 32.1. The van der Waals surface area contributed by atoms with E-state index in [1.807, 2.05) is 17.4 Å². The van der Waals surface area contributed by atoms with Gasteiger partial charge in [-0.15, -0.1) is 11.3 Å². The molecule has 0 amide bonds. The SMILES string of the molecule is CC(NC(c1cccs1)C1CCCC1)c1ccco1. The normalized spacial score (nSPS) is 19.6. The summed E-state index contributed by atoms with van der Waals surface area (Å²) in [6, 6.07) is 9.17. The van der Waals surface area contributed by atoms with Crippen LogP contribution >= 0.6 is 11.3 Å². The first kappa shape index (κ1) is 12.9. The molecule has 19 heavy (non-hydrogen) atoms. The van der Waals surface area contributed by atoms with Crippen LogP contribution in [0.15, 0.2) is 40.3 Å². The zero-order valence-electron chi connectivity index (χ0n) is 11.3. The Morgan fingerprint density at radius 2 is 2.11 bits per heavy atom. The van der Waals surface area contributed by atoms with Crippen LogP contribution in [0.1, 0.15) is 55.3 Å². The molecule has 0 bridgehead atoms. The lowest BCUT2D eigenvalue weighted by molar-refractivity contribution is 0.319. The van der Waals surface area contributed by atoms with Gasteiger partial charge >= 0.3 is 0 Å². The molecular formula is C16H21NOS. The van der Waals surface area contributed by atoms with Crippen molar-refractivity contribution in [3.05, 3.63) is 46.5 Å². The number of thiophene rings is 1. The molecular weight excluding hydrogens is 254 g/mol. The van der Waals surface area contributed by atoms with Crippen LogP contribution in [0.5, 0.6) is 0 Å². The van der Waals surface area contributed by atoms with Crippen molar-refractivity contribution in [1.82, 2.24) is 5.32 Å². The summed E-state index contributed by atoms with van der Waals surface area (Å²) in [5, 5.41) is 5.96. The minimum absolute atomic E-state index is 0.266. The average Bonchev–Trinajstić information content (AvgIpc) is 3.17. The van der Waals surface area contributed by atoms with Gasteiger partial charge in [-0.1, -0.05) is 18.9 Å². The van der Waals surface area contributed by atoms with Crippen LogP contribution < -0.4 is 5.32 Å². The Morgan fingerprint density at radius 3 is 2.74 bits per heavy atom. The summed E-state index contributed by atoms with van der Waals surface area (Å²) in [7, 11) is 0. The molecule has 102 valence electrons. The van der Waals surface area contributed by atoms with E-state index in [0.29, 0.717) is 6.04 Å². The van der Waals surface area contributed by atoms with Crippen molar-refractivity contribution in [3.63, 3.8) is 0 Å². The van der Waals surface area contributed by atoms with E-state index in [1.165, 1.54) is 30.6 Å². The molecule has 0 aromatic carbocycles. The highest BCUT2D eigenvalue weighted by Gasteiger charge is 2.28. The van der Waals surface area contributed by atoms with Crippen molar-refractivity contribution < 1.29 is 4.42 Å². The van der Waals surface area contributed by atoms with Crippen molar-refractivity contribution >= 4 is 11.3 Å². The fraction of sp³-hybridized carbons (Fsp3) is 0.500. The molecule has 2 unspecified atom stereocenters. The third-order valence-electron chi connectivity index (χ3n) is 4.12. The van der Waals surface area contributed by atoms with Gasteiger partial charge in [-0.2, -0.15) is 0 Å². The summed E-state index contributed by atoms with van der Waals surface area (Å²) in [6.45, 7) is 2.19. The minimum Gasteiger partial charge on any atom is -0.468 e. The highest BCUT2D eigenvalue weighted by Crippen LogP contribution is 2.38. The summed E-state index contributed by atoms with van der Waals surface area (Å²) >= 11 is 1.86. The van der Waals surface area contributed by atoms with Gasteiger partial charge in [-0.25, -0.2) is 0 Å². The van der Waals surface area contributed by atoms with Crippen LogP contribution in [0.4, 0.5) is 0 Å². The fourth-order valence-electron chi connectivity index (χ4n) is 3.10. The van der Waals surface area contributed by atoms with Gasteiger partial charge < -0.3 is 4.42 Å². The lowest BCUT2D eigenvalue weighted by Gasteiger charge is -2.26. The Labute approximate surface area is 118 Å². The Hall–Kier alpha value is -1.06. The van der Waals surface area contributed by atoms with Crippen LogP contribution in [-0.4, -0.2) is 0 Å². The largest absolute Gasteiger partial charge is 0.468 e. The van der Waals surface area contributed by atoms with Crippen LogP contribution in [0.25, 0.3) is 0 Å². The zero-order chi connectivity index (χ0) is 13.1. The predicted molar refractivity (Wildman–Crippen MR) is 79.3 cm³/mol. The van der Waals surface area contributed by atoms with E-state index in [1.54, 1.807) is 6.26 Å². The van der Waals surface area contributed by atoms with Gasteiger partial charge in [0.15, 0.2) is 0 Å². The quantitative estimate of drug-likeness (QED) is 0.837. The van der Waals surface area contributed by atoms with E-state index in [2.05, 4.69) is 35.8 Å². The van der Waals surface area contributed by atoms with Crippen LogP contribution in [-0.2, 0) is 0 Å². The van der Waals surface area contributed by atoms with Gasteiger partial charge in [0.2, 0.25) is 0 Å². The van der Waals surface area contributed by atoms with Crippen molar-refractivity contribution in [2.45, 2.75) is 44.7 Å². The first-order valence-electron chi connectivity index (χ1n) is 7.17. The Balaban J connectivity index is 1.75. The summed E-state index contributed by atoms with van der Waals surface area (Å²) < 4.78 is 5.52. The second-order valence-electron chi connectivity index (χ2n) is 5.44. The molecule has 0 spiro atoms. The third-order valence-corrected chi connectivity index (χ3v) is 5.08. The van der Waals surface area contributed by atoms with Gasteiger partial charge in [0, 0.05) is 10.9 Å². The van der Waals surface area contributed by atoms with Gasteiger partial charge in [0.1, 0.15) is 5.76 Å². The first-order valence-corrected chi connectivity index (χ1v) is 8.05. The molecule has 2 aromatic rings. The second kappa shape index (κ2) is 5.93. The molecule has 0 saturated heterocycles. The van der Waals surface area contributed by atoms with Crippen molar-refractivity contribution in [2.24, 2.45) is 5.92 Å². The molecule has 2 nitrogen and oxygen atoms in total. The number of rotatable bonds is 5. The topological polar surface area (TPSA) is 25.2 Å². The molecule has 2 aromatic heterocycles. The average molecular weight is 275 g/mol. The predicted octanol–water partition coefficient (Wildman–Crippen LogP) is 4.92. The van der Waals surface area contributed by atoms with Crippen LogP contribution in [0.3, 0.4) is 0 Å². The smallest absolute Gasteiger partial charge is 0.120 e. The monoisotopic (exact) mass is 275 g/mol. The minimum atomic E-state index is 0.266. The second-order valence-corrected chi connectivity index (χ2v) is 6.42. The van der Waals surface area contributed by atoms with Gasteiger partial charge in [-0.3, -0.25) is 5.32 Å². The number of furan rings is 1. The summed E-state index contributed by atoms with van der Waals surface area (Å²) in [5.74, 6) is 1.80. The van der Waals surface area contributed by atoms with Crippen molar-refractivity contribution in [2.75, 3.05) is 0 Å². The van der Waals surface area contributed by atoms with E-state index in [4.69, 9.17) is 4.42 Å². The van der Waals surface area contributed by atoms with Gasteiger partial charge in [0.05, 0.1) is 12.3 Å². The summed E-state index contributed by atoms with van der Waals surface area (Å²) in [5.41, 5.74) is 0. The van der Waals surface area contributed by atoms with Crippen LogP contribution in [0, 0.1) is 5.92 Å². The zero-order valence-corrected chi connectivity index (χ0v) is 12.2. The molecule has 0 radical (unpaired) electrons. The van der Waals surface area contributed by atoms with E-state index in [0.717, 1.165) is 11.7 Å². The lowest BCUT2D eigenvalue weighted by Crippen LogP contribution is -2.28. The molecule has 1 aliphatic rings. The maximum atomic E-state index is 5.52. The number of hydrogen-bond donors (Lipinski definition) is 1. The molecule has 3 rings (SSSR count). The Kier molecular flexibility index (Phi) is 4.04. The Morgan fingerprint density at radius 1 is 1.26 bits per heavy atom. The lowest BCUT2D eigenvalue weighted by atomic mass is 9.95. The standard InChI is InChI=1S/C16H21NOS/c1-12(14-8-4-10-18-14)17-16(13-6-2-3-7-13)15-9-5-11-19-15/h4-5,8-13,16-17H,2-3,6-7H2,1H3. The third kappa shape index (κ3) is 2.93. The summed E-state index contributed by atoms with van der Waals surface area (Å²) in [6.07, 6.45) is 7.21. The molecule has 3 heteroatoms. The molecule has 2 heterocycles. The van der Waals surface area contributed by atoms with Crippen molar-refractivity contribution in [1.29, 1.82) is 0 Å². The highest BCUT2D eigenvalue weighted by molar-refractivity contribution is 7.10.